The lowest BCUT2D eigenvalue weighted by molar-refractivity contribution is -0.135. The molecule has 0 spiro atoms. The highest BCUT2D eigenvalue weighted by Gasteiger charge is 2.20. The lowest BCUT2D eigenvalue weighted by Crippen LogP contribution is -2.32. The van der Waals surface area contributed by atoms with E-state index in [1.54, 1.807) is 11.1 Å². The zero-order valence-electron chi connectivity index (χ0n) is 11.6. The van der Waals surface area contributed by atoms with Gasteiger partial charge in [-0.2, -0.15) is 5.10 Å². The Hall–Kier alpha value is -0.840. The normalized spacial score (nSPS) is 11.0. The van der Waals surface area contributed by atoms with Gasteiger partial charge in [-0.05, 0) is 35.7 Å². The number of amides is 1. The molecule has 0 saturated carbocycles. The first-order valence-corrected chi connectivity index (χ1v) is 7.29. The van der Waals surface area contributed by atoms with Gasteiger partial charge in [0, 0.05) is 19.5 Å². The van der Waals surface area contributed by atoms with Crippen LogP contribution in [-0.4, -0.2) is 27.6 Å². The van der Waals surface area contributed by atoms with Gasteiger partial charge in [-0.15, -0.1) is 0 Å². The van der Waals surface area contributed by atoms with Crippen LogP contribution < -0.4 is 0 Å². The maximum absolute atomic E-state index is 12.2. The third-order valence-electron chi connectivity index (χ3n) is 3.30. The van der Waals surface area contributed by atoms with Crippen LogP contribution in [0.15, 0.2) is 10.7 Å². The van der Waals surface area contributed by atoms with Gasteiger partial charge in [0.2, 0.25) is 5.91 Å². The summed E-state index contributed by atoms with van der Waals surface area (Å²) in [7, 11) is 1.86. The van der Waals surface area contributed by atoms with E-state index in [1.807, 2.05) is 18.7 Å². The average Bonchev–Trinajstić information content (AvgIpc) is 2.71. The largest absolute Gasteiger partial charge is 0.340 e. The van der Waals surface area contributed by atoms with Crippen molar-refractivity contribution in [3.8, 4) is 0 Å². The first-order valence-electron chi connectivity index (χ1n) is 6.50. The molecule has 0 saturated heterocycles. The van der Waals surface area contributed by atoms with Crippen LogP contribution in [0.2, 0.25) is 0 Å². The van der Waals surface area contributed by atoms with Crippen molar-refractivity contribution in [2.45, 2.75) is 46.7 Å². The molecule has 0 unspecified atom stereocenters. The van der Waals surface area contributed by atoms with Gasteiger partial charge in [-0.25, -0.2) is 0 Å². The zero-order valence-corrected chi connectivity index (χ0v) is 13.2. The SMILES string of the molecule is CCC(CC)C(=O)N(C)Cc1c(Br)cnn1CC. The molecule has 102 valence electrons. The van der Waals surface area contributed by atoms with Crippen molar-refractivity contribution in [2.24, 2.45) is 5.92 Å². The molecule has 0 aromatic carbocycles. The second-order valence-electron chi connectivity index (χ2n) is 4.46. The fraction of sp³-hybridized carbons (Fsp3) is 0.692. The van der Waals surface area contributed by atoms with Gasteiger partial charge in [0.25, 0.3) is 0 Å². The van der Waals surface area contributed by atoms with Gasteiger partial charge < -0.3 is 4.90 Å². The van der Waals surface area contributed by atoms with Crippen LogP contribution in [0.1, 0.15) is 39.3 Å². The molecule has 0 aliphatic rings. The van der Waals surface area contributed by atoms with Gasteiger partial charge in [-0.3, -0.25) is 9.48 Å². The molecule has 1 amide bonds. The van der Waals surface area contributed by atoms with Crippen molar-refractivity contribution >= 4 is 21.8 Å². The lowest BCUT2D eigenvalue weighted by Gasteiger charge is -2.22. The van der Waals surface area contributed by atoms with E-state index in [-0.39, 0.29) is 11.8 Å². The molecule has 1 aromatic heterocycles. The maximum atomic E-state index is 12.2. The summed E-state index contributed by atoms with van der Waals surface area (Å²) in [5, 5.41) is 4.26. The highest BCUT2D eigenvalue weighted by atomic mass is 79.9. The van der Waals surface area contributed by atoms with E-state index in [4.69, 9.17) is 0 Å². The van der Waals surface area contributed by atoms with Crippen molar-refractivity contribution in [1.29, 1.82) is 0 Å². The molecule has 0 N–H and O–H groups in total. The van der Waals surface area contributed by atoms with Gasteiger partial charge in [-0.1, -0.05) is 13.8 Å². The topological polar surface area (TPSA) is 38.1 Å². The Bertz CT molecular complexity index is 399. The maximum Gasteiger partial charge on any atom is 0.225 e. The molecule has 18 heavy (non-hydrogen) atoms. The van der Waals surface area contributed by atoms with Gasteiger partial charge in [0.15, 0.2) is 0 Å². The Balaban J connectivity index is 2.77. The van der Waals surface area contributed by atoms with E-state index in [0.717, 1.165) is 29.6 Å². The average molecular weight is 316 g/mol. The molecule has 4 nitrogen and oxygen atoms in total. The number of carbonyl (C=O) groups is 1. The number of aryl methyl sites for hydroxylation is 1. The van der Waals surface area contributed by atoms with Crippen molar-refractivity contribution < 1.29 is 4.79 Å². The van der Waals surface area contributed by atoms with Crippen LogP contribution in [0, 0.1) is 5.92 Å². The van der Waals surface area contributed by atoms with E-state index >= 15 is 0 Å². The quantitative estimate of drug-likeness (QED) is 0.809. The van der Waals surface area contributed by atoms with Crippen molar-refractivity contribution in [2.75, 3.05) is 7.05 Å². The predicted octanol–water partition coefficient (Wildman–Crippen LogP) is 3.06. The summed E-state index contributed by atoms with van der Waals surface area (Å²) in [6.07, 6.45) is 3.58. The molecular weight excluding hydrogens is 294 g/mol. The van der Waals surface area contributed by atoms with E-state index in [9.17, 15) is 4.79 Å². The molecule has 1 rings (SSSR count). The summed E-state index contributed by atoms with van der Waals surface area (Å²) in [5.41, 5.74) is 1.05. The number of rotatable bonds is 6. The minimum atomic E-state index is 0.131. The number of hydrogen-bond donors (Lipinski definition) is 0. The van der Waals surface area contributed by atoms with Gasteiger partial charge >= 0.3 is 0 Å². The minimum absolute atomic E-state index is 0.131. The molecule has 0 bridgehead atoms. The fourth-order valence-electron chi connectivity index (χ4n) is 2.07. The Labute approximate surface area is 117 Å². The van der Waals surface area contributed by atoms with E-state index < -0.39 is 0 Å². The molecule has 0 aliphatic carbocycles. The van der Waals surface area contributed by atoms with Crippen LogP contribution in [0.4, 0.5) is 0 Å². The Morgan fingerprint density at radius 2 is 2.06 bits per heavy atom. The number of carbonyl (C=O) groups excluding carboxylic acids is 1. The summed E-state index contributed by atoms with van der Waals surface area (Å²) in [5.74, 6) is 0.350. The van der Waals surface area contributed by atoms with Crippen molar-refractivity contribution in [1.82, 2.24) is 14.7 Å². The summed E-state index contributed by atoms with van der Waals surface area (Å²) in [4.78, 5) is 14.0. The van der Waals surface area contributed by atoms with Gasteiger partial charge in [0.05, 0.1) is 22.9 Å². The molecule has 1 aromatic rings. The smallest absolute Gasteiger partial charge is 0.225 e. The van der Waals surface area contributed by atoms with E-state index in [0.29, 0.717) is 6.54 Å². The van der Waals surface area contributed by atoms with E-state index in [1.165, 1.54) is 0 Å². The molecule has 0 fully saturated rings. The highest BCUT2D eigenvalue weighted by Crippen LogP contribution is 2.19. The van der Waals surface area contributed by atoms with Gasteiger partial charge in [0.1, 0.15) is 0 Å². The standard InChI is InChI=1S/C13H22BrN3O/c1-5-10(6-2)13(18)16(4)9-12-11(14)8-15-17(12)7-3/h8,10H,5-7,9H2,1-4H3. The Morgan fingerprint density at radius 3 is 2.56 bits per heavy atom. The molecule has 0 radical (unpaired) electrons. The Morgan fingerprint density at radius 1 is 1.44 bits per heavy atom. The number of nitrogens with zero attached hydrogens (tertiary/aromatic N) is 3. The third kappa shape index (κ3) is 3.34. The summed E-state index contributed by atoms with van der Waals surface area (Å²) < 4.78 is 2.88. The fourth-order valence-corrected chi connectivity index (χ4v) is 2.49. The zero-order chi connectivity index (χ0) is 13.7. The minimum Gasteiger partial charge on any atom is -0.340 e. The summed E-state index contributed by atoms with van der Waals surface area (Å²) in [6, 6.07) is 0. The predicted molar refractivity (Wildman–Crippen MR) is 76.1 cm³/mol. The van der Waals surface area contributed by atoms with Crippen LogP contribution in [-0.2, 0) is 17.9 Å². The Kier molecular flexibility index (Phi) is 5.85. The van der Waals surface area contributed by atoms with Crippen molar-refractivity contribution in [3.63, 3.8) is 0 Å². The molecule has 0 atom stereocenters. The van der Waals surface area contributed by atoms with Crippen LogP contribution >= 0.6 is 15.9 Å². The number of hydrogen-bond acceptors (Lipinski definition) is 2. The second kappa shape index (κ2) is 6.92. The lowest BCUT2D eigenvalue weighted by atomic mass is 10.0. The monoisotopic (exact) mass is 315 g/mol. The first kappa shape index (κ1) is 15.2. The molecule has 1 heterocycles. The van der Waals surface area contributed by atoms with Crippen LogP contribution in [0.25, 0.3) is 0 Å². The summed E-state index contributed by atoms with van der Waals surface area (Å²) in [6.45, 7) is 7.58. The third-order valence-corrected chi connectivity index (χ3v) is 3.96. The van der Waals surface area contributed by atoms with Crippen molar-refractivity contribution in [3.05, 3.63) is 16.4 Å². The number of halogens is 1. The summed E-state index contributed by atoms with van der Waals surface area (Å²) >= 11 is 3.49. The van der Waals surface area contributed by atoms with E-state index in [2.05, 4.69) is 34.9 Å². The second-order valence-corrected chi connectivity index (χ2v) is 5.32. The first-order chi connectivity index (χ1) is 8.54. The highest BCUT2D eigenvalue weighted by molar-refractivity contribution is 9.10. The van der Waals surface area contributed by atoms with Crippen LogP contribution in [0.3, 0.4) is 0 Å². The molecule has 5 heteroatoms. The molecular formula is C13H22BrN3O. The van der Waals surface area contributed by atoms with Crippen LogP contribution in [0.5, 0.6) is 0 Å². The number of aromatic nitrogens is 2. The molecule has 0 aliphatic heterocycles.